The standard InChI is InChI=1S/C18H17N3/c1-14(16-9-5-3-6-10-16)20-21-13-18(19-15(21)2)17-11-7-4-8-12-17/h3-13H,1-2H3/b20-14+. The molecule has 3 nitrogen and oxygen atoms in total. The Balaban J connectivity index is 1.96. The maximum absolute atomic E-state index is 4.65. The van der Waals surface area contributed by atoms with E-state index in [-0.39, 0.29) is 0 Å². The molecule has 21 heavy (non-hydrogen) atoms. The molecule has 2 aromatic carbocycles. The molecule has 0 N–H and O–H groups in total. The van der Waals surface area contributed by atoms with Gasteiger partial charge in [-0.15, -0.1) is 0 Å². The fourth-order valence-electron chi connectivity index (χ4n) is 2.21. The van der Waals surface area contributed by atoms with Crippen LogP contribution in [-0.4, -0.2) is 15.4 Å². The summed E-state index contributed by atoms with van der Waals surface area (Å²) >= 11 is 0. The first-order valence-corrected chi connectivity index (χ1v) is 6.96. The van der Waals surface area contributed by atoms with Gasteiger partial charge in [0, 0.05) is 5.56 Å². The van der Waals surface area contributed by atoms with Gasteiger partial charge in [0.25, 0.3) is 0 Å². The van der Waals surface area contributed by atoms with Crippen molar-refractivity contribution in [2.24, 2.45) is 5.10 Å². The molecular weight excluding hydrogens is 258 g/mol. The maximum Gasteiger partial charge on any atom is 0.127 e. The van der Waals surface area contributed by atoms with Gasteiger partial charge in [0.2, 0.25) is 0 Å². The van der Waals surface area contributed by atoms with Crippen LogP contribution in [0.25, 0.3) is 11.3 Å². The normalized spacial score (nSPS) is 11.6. The average molecular weight is 275 g/mol. The molecule has 0 spiro atoms. The zero-order chi connectivity index (χ0) is 14.7. The highest BCUT2D eigenvalue weighted by Crippen LogP contribution is 2.18. The van der Waals surface area contributed by atoms with Crippen LogP contribution in [0.2, 0.25) is 0 Å². The van der Waals surface area contributed by atoms with Gasteiger partial charge in [-0.1, -0.05) is 60.7 Å². The molecule has 0 aliphatic carbocycles. The smallest absolute Gasteiger partial charge is 0.127 e. The average Bonchev–Trinajstić information content (AvgIpc) is 2.90. The Bertz CT molecular complexity index is 756. The quantitative estimate of drug-likeness (QED) is 0.661. The molecule has 0 aliphatic rings. The molecule has 3 aromatic rings. The number of aromatic nitrogens is 2. The van der Waals surface area contributed by atoms with Crippen LogP contribution in [0.1, 0.15) is 18.3 Å². The topological polar surface area (TPSA) is 30.2 Å². The largest absolute Gasteiger partial charge is 0.232 e. The van der Waals surface area contributed by atoms with E-state index in [2.05, 4.69) is 34.4 Å². The van der Waals surface area contributed by atoms with Crippen LogP contribution in [0.5, 0.6) is 0 Å². The van der Waals surface area contributed by atoms with Crippen molar-refractivity contribution in [1.82, 2.24) is 9.66 Å². The van der Waals surface area contributed by atoms with Crippen molar-refractivity contribution in [2.75, 3.05) is 0 Å². The minimum atomic E-state index is 0.879. The van der Waals surface area contributed by atoms with Crippen molar-refractivity contribution in [3.8, 4) is 11.3 Å². The molecule has 0 atom stereocenters. The lowest BCUT2D eigenvalue weighted by Crippen LogP contribution is -2.00. The van der Waals surface area contributed by atoms with Gasteiger partial charge >= 0.3 is 0 Å². The molecule has 0 saturated carbocycles. The van der Waals surface area contributed by atoms with E-state index in [1.54, 1.807) is 0 Å². The third kappa shape index (κ3) is 2.92. The van der Waals surface area contributed by atoms with Crippen molar-refractivity contribution in [3.05, 3.63) is 78.2 Å². The summed E-state index contributed by atoms with van der Waals surface area (Å²) in [4.78, 5) is 4.58. The summed E-state index contributed by atoms with van der Waals surface area (Å²) in [6.07, 6.45) is 1.97. The van der Waals surface area contributed by atoms with Gasteiger partial charge in [-0.2, -0.15) is 5.10 Å². The lowest BCUT2D eigenvalue weighted by atomic mass is 10.1. The lowest BCUT2D eigenvalue weighted by Gasteiger charge is -2.01. The van der Waals surface area contributed by atoms with Crippen molar-refractivity contribution in [3.63, 3.8) is 0 Å². The molecular formula is C18H17N3. The van der Waals surface area contributed by atoms with E-state index in [0.29, 0.717) is 0 Å². The second-order valence-corrected chi connectivity index (χ2v) is 4.94. The van der Waals surface area contributed by atoms with E-state index in [9.17, 15) is 0 Å². The Morgan fingerprint density at radius 3 is 2.24 bits per heavy atom. The van der Waals surface area contributed by atoms with Crippen molar-refractivity contribution >= 4 is 5.71 Å². The van der Waals surface area contributed by atoms with Gasteiger partial charge in [0.05, 0.1) is 17.6 Å². The molecule has 0 aliphatic heterocycles. The first-order chi connectivity index (χ1) is 10.2. The summed E-state index contributed by atoms with van der Waals surface area (Å²) in [5.74, 6) is 0.879. The van der Waals surface area contributed by atoms with E-state index in [0.717, 1.165) is 28.4 Å². The molecule has 1 aromatic heterocycles. The van der Waals surface area contributed by atoms with E-state index >= 15 is 0 Å². The fourth-order valence-corrected chi connectivity index (χ4v) is 2.21. The molecule has 0 fully saturated rings. The van der Waals surface area contributed by atoms with E-state index < -0.39 is 0 Å². The Morgan fingerprint density at radius 1 is 0.952 bits per heavy atom. The maximum atomic E-state index is 4.65. The number of rotatable bonds is 3. The number of hydrogen-bond acceptors (Lipinski definition) is 2. The van der Waals surface area contributed by atoms with E-state index in [4.69, 9.17) is 0 Å². The zero-order valence-electron chi connectivity index (χ0n) is 12.2. The second kappa shape index (κ2) is 5.75. The highest BCUT2D eigenvalue weighted by atomic mass is 15.4. The SMILES string of the molecule is C/C(=N\n1cc(-c2ccccc2)nc1C)c1ccccc1. The zero-order valence-corrected chi connectivity index (χ0v) is 12.2. The van der Waals surface area contributed by atoms with Gasteiger partial charge in [0.1, 0.15) is 5.82 Å². The Labute approximate surface area is 124 Å². The number of aryl methyl sites for hydroxylation is 1. The molecule has 0 unspecified atom stereocenters. The molecule has 104 valence electrons. The van der Waals surface area contributed by atoms with Gasteiger partial charge in [-0.3, -0.25) is 0 Å². The minimum absolute atomic E-state index is 0.879. The Kier molecular flexibility index (Phi) is 3.65. The van der Waals surface area contributed by atoms with Gasteiger partial charge in [0.15, 0.2) is 0 Å². The van der Waals surface area contributed by atoms with Crippen molar-refractivity contribution < 1.29 is 0 Å². The van der Waals surface area contributed by atoms with Crippen LogP contribution >= 0.6 is 0 Å². The first kappa shape index (κ1) is 13.3. The second-order valence-electron chi connectivity index (χ2n) is 4.94. The Morgan fingerprint density at radius 2 is 1.57 bits per heavy atom. The summed E-state index contributed by atoms with van der Waals surface area (Å²) in [5.41, 5.74) is 4.13. The molecule has 0 saturated heterocycles. The first-order valence-electron chi connectivity index (χ1n) is 6.96. The number of benzene rings is 2. The van der Waals surface area contributed by atoms with Crippen LogP contribution in [-0.2, 0) is 0 Å². The van der Waals surface area contributed by atoms with Gasteiger partial charge < -0.3 is 0 Å². The molecule has 3 heteroatoms. The monoisotopic (exact) mass is 275 g/mol. The minimum Gasteiger partial charge on any atom is -0.232 e. The highest BCUT2D eigenvalue weighted by molar-refractivity contribution is 5.98. The Hall–Kier alpha value is -2.68. The third-order valence-corrected chi connectivity index (χ3v) is 3.38. The summed E-state index contributed by atoms with van der Waals surface area (Å²) in [5, 5.41) is 4.65. The number of nitrogens with zero attached hydrogens (tertiary/aromatic N) is 3. The third-order valence-electron chi connectivity index (χ3n) is 3.38. The summed E-state index contributed by atoms with van der Waals surface area (Å²) in [6.45, 7) is 3.98. The fraction of sp³-hybridized carbons (Fsp3) is 0.111. The van der Waals surface area contributed by atoms with Crippen LogP contribution in [0.4, 0.5) is 0 Å². The van der Waals surface area contributed by atoms with Crippen molar-refractivity contribution in [1.29, 1.82) is 0 Å². The highest BCUT2D eigenvalue weighted by Gasteiger charge is 2.06. The number of imidazole rings is 1. The molecule has 3 rings (SSSR count). The lowest BCUT2D eigenvalue weighted by molar-refractivity contribution is 0.826. The predicted octanol–water partition coefficient (Wildman–Crippen LogP) is 4.13. The van der Waals surface area contributed by atoms with Crippen LogP contribution in [0, 0.1) is 6.92 Å². The molecule has 1 heterocycles. The van der Waals surface area contributed by atoms with Gasteiger partial charge in [-0.25, -0.2) is 9.66 Å². The van der Waals surface area contributed by atoms with Gasteiger partial charge in [-0.05, 0) is 19.4 Å². The van der Waals surface area contributed by atoms with Crippen LogP contribution in [0.15, 0.2) is 72.0 Å². The molecule has 0 bridgehead atoms. The molecule has 0 amide bonds. The summed E-state index contributed by atoms with van der Waals surface area (Å²) in [7, 11) is 0. The van der Waals surface area contributed by atoms with E-state index in [1.165, 1.54) is 0 Å². The molecule has 0 radical (unpaired) electrons. The van der Waals surface area contributed by atoms with Crippen molar-refractivity contribution in [2.45, 2.75) is 13.8 Å². The predicted molar refractivity (Wildman–Crippen MR) is 86.5 cm³/mol. The van der Waals surface area contributed by atoms with Crippen LogP contribution in [0.3, 0.4) is 0 Å². The number of hydrogen-bond donors (Lipinski definition) is 0. The summed E-state index contributed by atoms with van der Waals surface area (Å²) < 4.78 is 1.84. The summed E-state index contributed by atoms with van der Waals surface area (Å²) in [6, 6.07) is 20.3. The van der Waals surface area contributed by atoms with Crippen LogP contribution < -0.4 is 0 Å². The van der Waals surface area contributed by atoms with E-state index in [1.807, 2.05) is 61.1 Å².